The normalized spacial score (nSPS) is 31.3. The summed E-state index contributed by atoms with van der Waals surface area (Å²) in [5.41, 5.74) is 1.42. The molecule has 6 heteroatoms. The van der Waals surface area contributed by atoms with E-state index < -0.39 is 15.6 Å². The van der Waals surface area contributed by atoms with Gasteiger partial charge in [-0.05, 0) is 29.2 Å². The molecule has 2 aliphatic heterocycles. The van der Waals surface area contributed by atoms with Crippen molar-refractivity contribution in [2.45, 2.75) is 63.8 Å². The fourth-order valence-corrected chi connectivity index (χ4v) is 6.14. The van der Waals surface area contributed by atoms with Crippen LogP contribution in [0.4, 0.5) is 5.69 Å². The summed E-state index contributed by atoms with van der Waals surface area (Å²) in [5.74, 6) is 0.812. The molecule has 5 nitrogen and oxygen atoms in total. The molecule has 0 N–H and O–H groups in total. The molecule has 1 saturated heterocycles. The minimum Gasteiger partial charge on any atom is -0.579 e. The summed E-state index contributed by atoms with van der Waals surface area (Å²) in [4.78, 5) is 2.54. The van der Waals surface area contributed by atoms with E-state index in [4.69, 9.17) is 0 Å². The first-order chi connectivity index (χ1) is 13.2. The molecule has 0 bridgehead atoms. The van der Waals surface area contributed by atoms with Crippen LogP contribution in [-0.4, -0.2) is 41.3 Å². The first-order valence-electron chi connectivity index (χ1n) is 10.6. The van der Waals surface area contributed by atoms with Crippen LogP contribution in [0, 0.1) is 11.1 Å². The van der Waals surface area contributed by atoms with Crippen LogP contribution in [0.25, 0.3) is 0 Å². The number of hydrogen-bond donors (Lipinski definition) is 0. The van der Waals surface area contributed by atoms with Crippen LogP contribution >= 0.6 is 0 Å². The van der Waals surface area contributed by atoms with Crippen molar-refractivity contribution >= 4 is 23.4 Å². The third-order valence-corrected chi connectivity index (χ3v) is 7.81. The lowest BCUT2D eigenvalue weighted by molar-refractivity contribution is 0.146. The second-order valence-corrected chi connectivity index (χ2v) is 9.58. The topological polar surface area (TPSA) is 61.7 Å². The zero-order valence-electron chi connectivity index (χ0n) is 16.1. The van der Waals surface area contributed by atoms with Crippen molar-refractivity contribution in [3.8, 4) is 0 Å². The molecule has 4 rings (SSSR count). The van der Waals surface area contributed by atoms with E-state index in [1.165, 1.54) is 51.5 Å². The van der Waals surface area contributed by atoms with Gasteiger partial charge in [-0.3, -0.25) is 0 Å². The van der Waals surface area contributed by atoms with E-state index >= 15 is 0 Å². The lowest BCUT2D eigenvalue weighted by Crippen LogP contribution is -2.60. The smallest absolute Gasteiger partial charge is 0.310 e. The lowest BCUT2D eigenvalue weighted by Gasteiger charge is -2.46. The quantitative estimate of drug-likeness (QED) is 0.439. The van der Waals surface area contributed by atoms with E-state index in [1.54, 1.807) is 6.21 Å². The molecule has 2 heterocycles. The van der Waals surface area contributed by atoms with Crippen LogP contribution in [0.1, 0.15) is 63.4 Å². The van der Waals surface area contributed by atoms with Gasteiger partial charge in [0.05, 0.1) is 11.8 Å². The van der Waals surface area contributed by atoms with Crippen molar-refractivity contribution in [3.63, 3.8) is 0 Å². The summed E-state index contributed by atoms with van der Waals surface area (Å²) in [6.45, 7) is 3.04. The Bertz CT molecular complexity index is 655. The Morgan fingerprint density at radius 3 is 2.41 bits per heavy atom. The number of piperidine rings is 1. The third kappa shape index (κ3) is 4.10. The molecule has 1 aromatic carbocycles. The molecule has 0 spiro atoms. The molecule has 2 unspecified atom stereocenters. The first kappa shape index (κ1) is 19.4. The molecule has 0 aromatic heterocycles. The summed E-state index contributed by atoms with van der Waals surface area (Å²) in [6, 6.07) is 7.32. The van der Waals surface area contributed by atoms with E-state index in [9.17, 15) is 9.76 Å². The number of fused-ring (bicyclic) bond motifs is 1. The SMILES string of the molecule is [O-][S+]1N=Cc2ccccc2[N+]1([O-])C1CCN(CC2CCCCCCC2)CC1. The van der Waals surface area contributed by atoms with E-state index in [1.807, 2.05) is 24.3 Å². The Balaban J connectivity index is 1.39. The van der Waals surface area contributed by atoms with Crippen molar-refractivity contribution in [1.82, 2.24) is 8.95 Å². The van der Waals surface area contributed by atoms with Crippen molar-refractivity contribution in [2.75, 3.05) is 19.6 Å². The maximum atomic E-state index is 13.7. The zero-order chi connectivity index (χ0) is 18.7. The number of nitrogens with zero attached hydrogens (tertiary/aromatic N) is 3. The van der Waals surface area contributed by atoms with Crippen LogP contribution in [-0.2, 0) is 11.5 Å². The molecule has 1 aromatic rings. The molecule has 148 valence electrons. The summed E-state index contributed by atoms with van der Waals surface area (Å²) in [7, 11) is 0. The summed E-state index contributed by atoms with van der Waals surface area (Å²) < 4.78 is 15.8. The molecular formula is C21H31N3O2S. The number of benzene rings is 1. The third-order valence-electron chi connectivity index (χ3n) is 6.57. The van der Waals surface area contributed by atoms with Crippen LogP contribution < -0.4 is 4.05 Å². The highest BCUT2D eigenvalue weighted by molar-refractivity contribution is 7.90. The predicted molar refractivity (Wildman–Crippen MR) is 113 cm³/mol. The standard InChI is InChI=1S/C21H31N3O2S/c25-24(21-11-7-6-10-19(21)16-22-27(24)26)20-12-14-23(15-13-20)17-18-8-4-2-1-3-5-9-18/h6-7,10-11,16,18,20H,1-5,8-9,12-15,17H2. The second kappa shape index (κ2) is 8.62. The molecule has 1 aliphatic carbocycles. The van der Waals surface area contributed by atoms with Gasteiger partial charge in [0, 0.05) is 38.5 Å². The number of quaternary nitrogens is 1. The van der Waals surface area contributed by atoms with Crippen LogP contribution in [0.2, 0.25) is 0 Å². The van der Waals surface area contributed by atoms with E-state index in [-0.39, 0.29) is 6.04 Å². The van der Waals surface area contributed by atoms with Crippen LogP contribution in [0.3, 0.4) is 0 Å². The van der Waals surface area contributed by atoms with E-state index in [2.05, 4.69) is 9.30 Å². The van der Waals surface area contributed by atoms with Crippen molar-refractivity contribution < 1.29 is 4.55 Å². The predicted octanol–water partition coefficient (Wildman–Crippen LogP) is 4.33. The number of hydrogen-bond acceptors (Lipinski definition) is 4. The monoisotopic (exact) mass is 389 g/mol. The second-order valence-electron chi connectivity index (χ2n) is 8.36. The fourth-order valence-electron chi connectivity index (χ4n) is 4.99. The highest BCUT2D eigenvalue weighted by atomic mass is 32.2. The van der Waals surface area contributed by atoms with Gasteiger partial charge in [-0.15, -0.1) is 4.05 Å². The largest absolute Gasteiger partial charge is 0.579 e. The van der Waals surface area contributed by atoms with Gasteiger partial charge in [0.1, 0.15) is 6.04 Å². The van der Waals surface area contributed by atoms with E-state index in [0.29, 0.717) is 5.69 Å². The van der Waals surface area contributed by atoms with Gasteiger partial charge in [0.25, 0.3) is 0 Å². The van der Waals surface area contributed by atoms with E-state index in [0.717, 1.165) is 37.4 Å². The Morgan fingerprint density at radius 1 is 1.00 bits per heavy atom. The molecule has 3 aliphatic rings. The van der Waals surface area contributed by atoms with Gasteiger partial charge in [-0.1, -0.05) is 44.2 Å². The molecule has 0 amide bonds. The number of rotatable bonds is 3. The van der Waals surface area contributed by atoms with Crippen molar-refractivity contribution in [1.29, 1.82) is 0 Å². The Hall–Kier alpha value is -0.920. The van der Waals surface area contributed by atoms with Crippen molar-refractivity contribution in [2.24, 2.45) is 10.3 Å². The Kier molecular flexibility index (Phi) is 6.19. The molecule has 2 atom stereocenters. The fraction of sp³-hybridized carbons (Fsp3) is 0.667. The van der Waals surface area contributed by atoms with Gasteiger partial charge in [0.2, 0.25) is 0 Å². The van der Waals surface area contributed by atoms with Crippen LogP contribution in [0.15, 0.2) is 28.7 Å². The van der Waals surface area contributed by atoms with Gasteiger partial charge in [-0.2, -0.15) is 0 Å². The highest BCUT2D eigenvalue weighted by Gasteiger charge is 2.48. The number of para-hydroxylation sites is 1. The summed E-state index contributed by atoms with van der Waals surface area (Å²) in [5, 5.41) is 13.7. The van der Waals surface area contributed by atoms with Gasteiger partial charge >= 0.3 is 11.5 Å². The van der Waals surface area contributed by atoms with Gasteiger partial charge in [0.15, 0.2) is 5.69 Å². The average molecular weight is 390 g/mol. The zero-order valence-corrected chi connectivity index (χ0v) is 16.9. The number of likely N-dealkylation sites (tertiary alicyclic amines) is 1. The van der Waals surface area contributed by atoms with Gasteiger partial charge < -0.3 is 14.7 Å². The van der Waals surface area contributed by atoms with Crippen LogP contribution in [0.5, 0.6) is 0 Å². The maximum Gasteiger partial charge on any atom is 0.310 e. The lowest BCUT2D eigenvalue weighted by atomic mass is 9.90. The molecule has 2 fully saturated rings. The summed E-state index contributed by atoms with van der Waals surface area (Å²) >= 11 is -1.79. The molecule has 0 radical (unpaired) electrons. The first-order valence-corrected chi connectivity index (χ1v) is 11.6. The molecule has 27 heavy (non-hydrogen) atoms. The summed E-state index contributed by atoms with van der Waals surface area (Å²) in [6.07, 6.45) is 12.8. The maximum absolute atomic E-state index is 13.7. The molecular weight excluding hydrogens is 358 g/mol. The minimum atomic E-state index is -1.79. The number of hydroxylamine groups is 1. The van der Waals surface area contributed by atoms with Crippen molar-refractivity contribution in [3.05, 3.63) is 35.0 Å². The Morgan fingerprint density at radius 2 is 1.67 bits per heavy atom. The molecule has 1 saturated carbocycles. The highest BCUT2D eigenvalue weighted by Crippen LogP contribution is 2.39. The minimum absolute atomic E-state index is 0.169. The van der Waals surface area contributed by atoms with Gasteiger partial charge in [-0.25, -0.2) is 0 Å². The Labute approximate surface area is 166 Å². The average Bonchev–Trinajstić information content (AvgIpc) is 2.67.